The zero-order chi connectivity index (χ0) is 14.6. The number of aryl methyl sites for hydroxylation is 1. The van der Waals surface area contributed by atoms with Gasteiger partial charge in [-0.05, 0) is 30.5 Å². The van der Waals surface area contributed by atoms with Crippen LogP contribution in [0.3, 0.4) is 0 Å². The van der Waals surface area contributed by atoms with E-state index in [2.05, 4.69) is 4.72 Å². The van der Waals surface area contributed by atoms with Crippen LogP contribution in [-0.4, -0.2) is 25.5 Å². The van der Waals surface area contributed by atoms with Crippen molar-refractivity contribution < 1.29 is 18.3 Å². The molecule has 1 rings (SSSR count). The molecule has 106 valence electrons. The third-order valence-electron chi connectivity index (χ3n) is 3.06. The molecule has 0 radical (unpaired) electrons. The van der Waals surface area contributed by atoms with Crippen LogP contribution in [0.1, 0.15) is 25.8 Å². The molecule has 1 aromatic carbocycles. The van der Waals surface area contributed by atoms with E-state index in [9.17, 15) is 13.2 Å². The van der Waals surface area contributed by atoms with Crippen molar-refractivity contribution in [1.29, 1.82) is 0 Å². The van der Waals surface area contributed by atoms with E-state index in [1.165, 1.54) is 12.1 Å². The first-order valence-corrected chi connectivity index (χ1v) is 7.58. The minimum Gasteiger partial charge on any atom is -0.480 e. The molecule has 6 heteroatoms. The number of carboxylic acids is 1. The average Bonchev–Trinajstić information content (AvgIpc) is 2.35. The fourth-order valence-corrected chi connectivity index (χ4v) is 3.07. The maximum Gasteiger partial charge on any atom is 0.322 e. The van der Waals surface area contributed by atoms with Gasteiger partial charge in [-0.3, -0.25) is 4.79 Å². The molecule has 0 aromatic heterocycles. The van der Waals surface area contributed by atoms with Gasteiger partial charge in [0.15, 0.2) is 0 Å². The predicted molar refractivity (Wildman–Crippen MR) is 72.4 cm³/mol. The molecule has 1 aromatic rings. The summed E-state index contributed by atoms with van der Waals surface area (Å²) >= 11 is 0. The summed E-state index contributed by atoms with van der Waals surface area (Å²) < 4.78 is 26.6. The summed E-state index contributed by atoms with van der Waals surface area (Å²) in [6.07, 6.45) is 0.577. The molecule has 1 unspecified atom stereocenters. The lowest BCUT2D eigenvalue weighted by atomic mass is 10.0. The molecule has 0 aliphatic carbocycles. The molecule has 0 saturated heterocycles. The van der Waals surface area contributed by atoms with E-state index in [1.807, 2.05) is 6.92 Å². The lowest BCUT2D eigenvalue weighted by Gasteiger charge is -2.20. The second-order valence-corrected chi connectivity index (χ2v) is 6.35. The smallest absolute Gasteiger partial charge is 0.322 e. The number of carboxylic acid groups (broad SMARTS) is 1. The van der Waals surface area contributed by atoms with Crippen molar-refractivity contribution in [3.8, 4) is 0 Å². The van der Waals surface area contributed by atoms with Gasteiger partial charge in [-0.15, -0.1) is 0 Å². The monoisotopic (exact) mass is 285 g/mol. The molecule has 0 spiro atoms. The van der Waals surface area contributed by atoms with Crippen LogP contribution in [0.2, 0.25) is 0 Å². The van der Waals surface area contributed by atoms with Gasteiger partial charge in [0.2, 0.25) is 10.0 Å². The third kappa shape index (κ3) is 4.04. The SMILES string of the molecule is CCC(C)[C@H](NS(=O)(=O)c1cccc(C)c1)C(=O)O. The van der Waals surface area contributed by atoms with Crippen LogP contribution in [0.4, 0.5) is 0 Å². The van der Waals surface area contributed by atoms with Crippen LogP contribution in [-0.2, 0) is 14.8 Å². The number of aliphatic carboxylic acids is 1. The van der Waals surface area contributed by atoms with Crippen LogP contribution in [0, 0.1) is 12.8 Å². The van der Waals surface area contributed by atoms with E-state index in [4.69, 9.17) is 5.11 Å². The fraction of sp³-hybridized carbons (Fsp3) is 0.462. The lowest BCUT2D eigenvalue weighted by molar-refractivity contribution is -0.140. The van der Waals surface area contributed by atoms with Gasteiger partial charge in [0.05, 0.1) is 4.90 Å². The van der Waals surface area contributed by atoms with Crippen LogP contribution in [0.15, 0.2) is 29.2 Å². The molecule has 2 atom stereocenters. The standard InChI is InChI=1S/C13H19NO4S/c1-4-10(3)12(13(15)16)14-19(17,18)11-7-5-6-9(2)8-11/h5-8,10,12,14H,4H2,1-3H3,(H,15,16)/t10?,12-/m0/s1. The van der Waals surface area contributed by atoms with E-state index in [1.54, 1.807) is 26.0 Å². The van der Waals surface area contributed by atoms with Crippen molar-refractivity contribution in [2.45, 2.75) is 38.1 Å². The largest absolute Gasteiger partial charge is 0.480 e. The van der Waals surface area contributed by atoms with Gasteiger partial charge in [-0.1, -0.05) is 32.4 Å². The minimum atomic E-state index is -3.81. The second-order valence-electron chi connectivity index (χ2n) is 4.64. The summed E-state index contributed by atoms with van der Waals surface area (Å²) in [6, 6.07) is 5.25. The summed E-state index contributed by atoms with van der Waals surface area (Å²) in [7, 11) is -3.81. The Labute approximate surface area is 113 Å². The number of rotatable bonds is 6. The second kappa shape index (κ2) is 6.16. The van der Waals surface area contributed by atoms with E-state index in [-0.39, 0.29) is 10.8 Å². The Morgan fingerprint density at radius 3 is 2.53 bits per heavy atom. The highest BCUT2D eigenvalue weighted by Gasteiger charge is 2.29. The molecule has 0 fully saturated rings. The molecule has 0 heterocycles. The van der Waals surface area contributed by atoms with E-state index in [0.29, 0.717) is 6.42 Å². The van der Waals surface area contributed by atoms with Gasteiger partial charge in [-0.2, -0.15) is 4.72 Å². The highest BCUT2D eigenvalue weighted by atomic mass is 32.2. The number of nitrogens with one attached hydrogen (secondary N) is 1. The highest BCUT2D eigenvalue weighted by molar-refractivity contribution is 7.89. The van der Waals surface area contributed by atoms with Crippen LogP contribution in [0.5, 0.6) is 0 Å². The van der Waals surface area contributed by atoms with Gasteiger partial charge in [0, 0.05) is 0 Å². The van der Waals surface area contributed by atoms with Gasteiger partial charge in [0.25, 0.3) is 0 Å². The molecule has 19 heavy (non-hydrogen) atoms. The average molecular weight is 285 g/mol. The summed E-state index contributed by atoms with van der Waals surface area (Å²) in [5.74, 6) is -1.44. The Kier molecular flexibility index (Phi) is 5.08. The van der Waals surface area contributed by atoms with Crippen LogP contribution < -0.4 is 4.72 Å². The Morgan fingerprint density at radius 1 is 1.42 bits per heavy atom. The summed E-state index contributed by atoms with van der Waals surface area (Å²) in [6.45, 7) is 5.31. The molecule has 0 amide bonds. The normalized spacial score (nSPS) is 14.9. The van der Waals surface area contributed by atoms with Crippen LogP contribution in [0.25, 0.3) is 0 Å². The minimum absolute atomic E-state index is 0.0852. The van der Waals surface area contributed by atoms with Crippen molar-refractivity contribution in [3.05, 3.63) is 29.8 Å². The molecular weight excluding hydrogens is 266 g/mol. The van der Waals surface area contributed by atoms with Crippen molar-refractivity contribution in [3.63, 3.8) is 0 Å². The maximum absolute atomic E-state index is 12.1. The predicted octanol–water partition coefficient (Wildman–Crippen LogP) is 1.77. The van der Waals surface area contributed by atoms with Crippen molar-refractivity contribution in [2.24, 2.45) is 5.92 Å². The number of benzene rings is 1. The summed E-state index contributed by atoms with van der Waals surface area (Å²) in [5, 5.41) is 9.11. The molecule has 0 saturated carbocycles. The first kappa shape index (κ1) is 15.7. The topological polar surface area (TPSA) is 83.5 Å². The Morgan fingerprint density at radius 2 is 2.05 bits per heavy atom. The van der Waals surface area contributed by atoms with Crippen molar-refractivity contribution in [2.75, 3.05) is 0 Å². The quantitative estimate of drug-likeness (QED) is 0.834. The molecule has 5 nitrogen and oxygen atoms in total. The van der Waals surface area contributed by atoms with Crippen molar-refractivity contribution >= 4 is 16.0 Å². The zero-order valence-electron chi connectivity index (χ0n) is 11.3. The molecule has 0 bridgehead atoms. The van der Waals surface area contributed by atoms with Gasteiger partial charge in [0.1, 0.15) is 6.04 Å². The van der Waals surface area contributed by atoms with Crippen molar-refractivity contribution in [1.82, 2.24) is 4.72 Å². The lowest BCUT2D eigenvalue weighted by Crippen LogP contribution is -2.44. The van der Waals surface area contributed by atoms with E-state index >= 15 is 0 Å². The molecular formula is C13H19NO4S. The maximum atomic E-state index is 12.1. The Balaban J connectivity index is 3.04. The van der Waals surface area contributed by atoms with Crippen LogP contribution >= 0.6 is 0 Å². The molecule has 0 aliphatic rings. The molecule has 2 N–H and O–H groups in total. The number of hydrogen-bond donors (Lipinski definition) is 2. The third-order valence-corrected chi connectivity index (χ3v) is 4.50. The number of sulfonamides is 1. The highest BCUT2D eigenvalue weighted by Crippen LogP contribution is 2.15. The molecule has 0 aliphatic heterocycles. The van der Waals surface area contributed by atoms with E-state index < -0.39 is 22.0 Å². The van der Waals surface area contributed by atoms with Gasteiger partial charge < -0.3 is 5.11 Å². The summed E-state index contributed by atoms with van der Waals surface area (Å²) in [4.78, 5) is 11.2. The Bertz CT molecular complexity index is 554. The van der Waals surface area contributed by atoms with Gasteiger partial charge in [-0.25, -0.2) is 8.42 Å². The zero-order valence-corrected chi connectivity index (χ0v) is 12.1. The first-order chi connectivity index (χ1) is 8.77. The first-order valence-electron chi connectivity index (χ1n) is 6.09. The summed E-state index contributed by atoms with van der Waals surface area (Å²) in [5.41, 5.74) is 0.804. The fourth-order valence-electron chi connectivity index (χ4n) is 1.66. The number of hydrogen-bond acceptors (Lipinski definition) is 3. The van der Waals surface area contributed by atoms with Gasteiger partial charge >= 0.3 is 5.97 Å². The Hall–Kier alpha value is -1.40. The number of carbonyl (C=O) groups is 1. The van der Waals surface area contributed by atoms with E-state index in [0.717, 1.165) is 5.56 Å².